The fourth-order valence-electron chi connectivity index (χ4n) is 3.23. The highest BCUT2D eigenvalue weighted by atomic mass is 16.5. The van der Waals surface area contributed by atoms with Crippen LogP contribution < -0.4 is 9.80 Å². The van der Waals surface area contributed by atoms with Gasteiger partial charge in [0.2, 0.25) is 0 Å². The highest BCUT2D eigenvalue weighted by Crippen LogP contribution is 2.20. The van der Waals surface area contributed by atoms with Crippen molar-refractivity contribution in [3.8, 4) is 0 Å². The number of hydrogen-bond donors (Lipinski definition) is 0. The lowest BCUT2D eigenvalue weighted by molar-refractivity contribution is -0.149. The second-order valence-corrected chi connectivity index (χ2v) is 6.28. The maximum Gasteiger partial charge on any atom is 0.323 e. The van der Waals surface area contributed by atoms with E-state index in [9.17, 15) is 4.79 Å². The lowest BCUT2D eigenvalue weighted by Gasteiger charge is -2.37. The minimum atomic E-state index is -0.198. The first-order valence-corrected chi connectivity index (χ1v) is 8.99. The molecule has 0 saturated carbocycles. The zero-order valence-electron chi connectivity index (χ0n) is 15.1. The van der Waals surface area contributed by atoms with Gasteiger partial charge in [-0.3, -0.25) is 9.69 Å². The van der Waals surface area contributed by atoms with Crippen LogP contribution in [0.4, 0.5) is 11.6 Å². The monoisotopic (exact) mass is 349 g/mol. The van der Waals surface area contributed by atoms with Gasteiger partial charge in [0.1, 0.15) is 24.0 Å². The predicted octanol–water partition coefficient (Wildman–Crippen LogP) is 0.387. The Hall–Kier alpha value is -1.93. The molecule has 1 unspecified atom stereocenters. The number of morpholine rings is 1. The smallest absolute Gasteiger partial charge is 0.323 e. The van der Waals surface area contributed by atoms with Crippen LogP contribution >= 0.6 is 0 Å². The molecule has 8 heteroatoms. The molecule has 2 aliphatic heterocycles. The molecule has 3 heterocycles. The molecule has 138 valence electrons. The summed E-state index contributed by atoms with van der Waals surface area (Å²) >= 11 is 0. The molecule has 2 saturated heterocycles. The van der Waals surface area contributed by atoms with E-state index in [-0.39, 0.29) is 12.0 Å². The molecular formula is C17H27N5O3. The Morgan fingerprint density at radius 3 is 2.32 bits per heavy atom. The van der Waals surface area contributed by atoms with Crippen molar-refractivity contribution in [1.82, 2.24) is 14.9 Å². The number of rotatable bonds is 5. The van der Waals surface area contributed by atoms with E-state index in [1.54, 1.807) is 6.33 Å². The molecular weight excluding hydrogens is 322 g/mol. The third-order valence-electron chi connectivity index (χ3n) is 4.79. The Morgan fingerprint density at radius 1 is 1.12 bits per heavy atom. The molecule has 0 aliphatic carbocycles. The first kappa shape index (κ1) is 17.9. The molecule has 0 amide bonds. The van der Waals surface area contributed by atoms with Crippen molar-refractivity contribution in [3.05, 3.63) is 12.4 Å². The minimum absolute atomic E-state index is 0.146. The number of hydrogen-bond acceptors (Lipinski definition) is 8. The molecule has 0 aromatic carbocycles. The molecule has 1 atom stereocenters. The quantitative estimate of drug-likeness (QED) is 0.707. The van der Waals surface area contributed by atoms with E-state index in [1.165, 1.54) is 0 Å². The summed E-state index contributed by atoms with van der Waals surface area (Å²) in [6.07, 6.45) is 1.63. The van der Waals surface area contributed by atoms with Crippen molar-refractivity contribution in [2.24, 2.45) is 0 Å². The van der Waals surface area contributed by atoms with E-state index in [2.05, 4.69) is 30.7 Å². The number of aromatic nitrogens is 2. The van der Waals surface area contributed by atoms with E-state index in [4.69, 9.17) is 9.47 Å². The molecule has 2 aliphatic rings. The van der Waals surface area contributed by atoms with Crippen molar-refractivity contribution in [3.63, 3.8) is 0 Å². The highest BCUT2D eigenvalue weighted by Gasteiger charge is 2.27. The standard InChI is InChI=1S/C17H27N5O3/c1-3-25-17(23)14(2)20-4-6-21(7-5-20)15-12-16(19-13-18-15)22-8-10-24-11-9-22/h12-14H,3-11H2,1-2H3. The van der Waals surface area contributed by atoms with Gasteiger partial charge in [0.05, 0.1) is 19.8 Å². The molecule has 0 N–H and O–H groups in total. The summed E-state index contributed by atoms with van der Waals surface area (Å²) in [5, 5.41) is 0. The van der Waals surface area contributed by atoms with Crippen LogP contribution in [-0.2, 0) is 14.3 Å². The van der Waals surface area contributed by atoms with E-state index in [0.717, 1.165) is 64.1 Å². The Bertz CT molecular complexity index is 571. The van der Waals surface area contributed by atoms with Crippen LogP contribution in [0.1, 0.15) is 13.8 Å². The summed E-state index contributed by atoms with van der Waals surface area (Å²) in [5.74, 6) is 1.75. The second-order valence-electron chi connectivity index (χ2n) is 6.28. The Labute approximate surface area is 148 Å². The van der Waals surface area contributed by atoms with Gasteiger partial charge in [-0.25, -0.2) is 9.97 Å². The summed E-state index contributed by atoms with van der Waals surface area (Å²) in [7, 11) is 0. The Morgan fingerprint density at radius 2 is 1.72 bits per heavy atom. The van der Waals surface area contributed by atoms with Gasteiger partial charge in [-0.05, 0) is 13.8 Å². The number of piperazine rings is 1. The molecule has 8 nitrogen and oxygen atoms in total. The van der Waals surface area contributed by atoms with E-state index in [1.807, 2.05) is 13.8 Å². The minimum Gasteiger partial charge on any atom is -0.465 e. The first-order chi connectivity index (χ1) is 12.2. The summed E-state index contributed by atoms with van der Waals surface area (Å²) < 4.78 is 10.5. The highest BCUT2D eigenvalue weighted by molar-refractivity contribution is 5.75. The lowest BCUT2D eigenvalue weighted by Crippen LogP contribution is -2.52. The van der Waals surface area contributed by atoms with Crippen LogP contribution in [-0.4, -0.2) is 86.0 Å². The Kier molecular flexibility index (Phi) is 6.04. The van der Waals surface area contributed by atoms with Crippen LogP contribution in [0, 0.1) is 0 Å². The zero-order chi connectivity index (χ0) is 17.6. The SMILES string of the molecule is CCOC(=O)C(C)N1CCN(c2cc(N3CCOCC3)ncn2)CC1. The van der Waals surface area contributed by atoms with Crippen molar-refractivity contribution in [1.29, 1.82) is 0 Å². The molecule has 0 bridgehead atoms. The molecule has 1 aromatic rings. The van der Waals surface area contributed by atoms with Crippen LogP contribution in [0.15, 0.2) is 12.4 Å². The number of anilines is 2. The van der Waals surface area contributed by atoms with Crippen molar-refractivity contribution < 1.29 is 14.3 Å². The Balaban J connectivity index is 1.58. The van der Waals surface area contributed by atoms with Crippen molar-refractivity contribution >= 4 is 17.6 Å². The van der Waals surface area contributed by atoms with Crippen LogP contribution in [0.25, 0.3) is 0 Å². The molecule has 2 fully saturated rings. The second kappa shape index (κ2) is 8.44. The summed E-state index contributed by atoms with van der Waals surface area (Å²) in [4.78, 5) is 27.4. The third kappa shape index (κ3) is 4.38. The number of carbonyl (C=O) groups is 1. The normalized spacial score (nSPS) is 20.4. The lowest BCUT2D eigenvalue weighted by atomic mass is 10.2. The van der Waals surface area contributed by atoms with Crippen LogP contribution in [0.5, 0.6) is 0 Å². The fourth-order valence-corrected chi connectivity index (χ4v) is 3.23. The first-order valence-electron chi connectivity index (χ1n) is 8.99. The van der Waals surface area contributed by atoms with Gasteiger partial charge in [0, 0.05) is 45.3 Å². The predicted molar refractivity (Wildman–Crippen MR) is 94.9 cm³/mol. The maximum atomic E-state index is 11.9. The molecule has 0 spiro atoms. The van der Waals surface area contributed by atoms with Gasteiger partial charge in [-0.2, -0.15) is 0 Å². The van der Waals surface area contributed by atoms with Gasteiger partial charge in [-0.1, -0.05) is 0 Å². The number of ether oxygens (including phenoxy) is 2. The van der Waals surface area contributed by atoms with Gasteiger partial charge in [0.15, 0.2) is 0 Å². The average molecular weight is 349 g/mol. The average Bonchev–Trinajstić information content (AvgIpc) is 2.68. The fraction of sp³-hybridized carbons (Fsp3) is 0.706. The molecule has 3 rings (SSSR count). The van der Waals surface area contributed by atoms with Gasteiger partial charge < -0.3 is 19.3 Å². The maximum absolute atomic E-state index is 11.9. The molecule has 0 radical (unpaired) electrons. The summed E-state index contributed by atoms with van der Waals surface area (Å²) in [6.45, 7) is 10.7. The largest absolute Gasteiger partial charge is 0.465 e. The summed E-state index contributed by atoms with van der Waals surface area (Å²) in [5.41, 5.74) is 0. The van der Waals surface area contributed by atoms with E-state index < -0.39 is 0 Å². The van der Waals surface area contributed by atoms with E-state index >= 15 is 0 Å². The molecule has 1 aromatic heterocycles. The van der Waals surface area contributed by atoms with Gasteiger partial charge >= 0.3 is 5.97 Å². The van der Waals surface area contributed by atoms with Crippen molar-refractivity contribution in [2.45, 2.75) is 19.9 Å². The number of esters is 1. The van der Waals surface area contributed by atoms with Gasteiger partial charge in [-0.15, -0.1) is 0 Å². The third-order valence-corrected chi connectivity index (χ3v) is 4.79. The summed E-state index contributed by atoms with van der Waals surface area (Å²) in [6, 6.07) is 1.85. The molecule has 25 heavy (non-hydrogen) atoms. The number of nitrogens with zero attached hydrogens (tertiary/aromatic N) is 5. The van der Waals surface area contributed by atoms with Gasteiger partial charge in [0.25, 0.3) is 0 Å². The van der Waals surface area contributed by atoms with Crippen molar-refractivity contribution in [2.75, 3.05) is 68.9 Å². The number of carbonyl (C=O) groups excluding carboxylic acids is 1. The van der Waals surface area contributed by atoms with E-state index in [0.29, 0.717) is 6.61 Å². The topological polar surface area (TPSA) is 71.0 Å². The zero-order valence-corrected chi connectivity index (χ0v) is 15.1. The van der Waals surface area contributed by atoms with Crippen LogP contribution in [0.3, 0.4) is 0 Å². The van der Waals surface area contributed by atoms with Crippen LogP contribution in [0.2, 0.25) is 0 Å².